The summed E-state index contributed by atoms with van der Waals surface area (Å²) in [5, 5.41) is 3.00. The van der Waals surface area contributed by atoms with Crippen molar-refractivity contribution in [1.29, 1.82) is 0 Å². The van der Waals surface area contributed by atoms with Crippen molar-refractivity contribution in [2.24, 2.45) is 0 Å². The highest BCUT2D eigenvalue weighted by molar-refractivity contribution is 5.88. The molecule has 2 rings (SSSR count). The van der Waals surface area contributed by atoms with Crippen molar-refractivity contribution in [3.8, 4) is 11.5 Å². The molecule has 1 atom stereocenters. The predicted octanol–water partition coefficient (Wildman–Crippen LogP) is 4.10. The fourth-order valence-electron chi connectivity index (χ4n) is 3.28. The van der Waals surface area contributed by atoms with Gasteiger partial charge in [0.05, 0.1) is 7.11 Å². The van der Waals surface area contributed by atoms with Crippen LogP contribution in [0.15, 0.2) is 48.5 Å². The monoisotopic (exact) mass is 426 g/mol. The third kappa shape index (κ3) is 7.31. The molecule has 0 radical (unpaired) electrons. The lowest BCUT2D eigenvalue weighted by Gasteiger charge is -2.33. The summed E-state index contributed by atoms with van der Waals surface area (Å²) >= 11 is 0. The molecule has 0 spiro atoms. The van der Waals surface area contributed by atoms with Crippen molar-refractivity contribution in [1.82, 2.24) is 10.2 Å². The van der Waals surface area contributed by atoms with E-state index in [1.807, 2.05) is 83.1 Å². The molecule has 168 valence electrons. The maximum atomic E-state index is 13.2. The molecule has 0 heterocycles. The van der Waals surface area contributed by atoms with Crippen LogP contribution in [0.4, 0.5) is 0 Å². The second kappa shape index (κ2) is 10.8. The first-order valence-electron chi connectivity index (χ1n) is 10.6. The summed E-state index contributed by atoms with van der Waals surface area (Å²) in [6.07, 6.45) is 0.488. The van der Waals surface area contributed by atoms with Crippen molar-refractivity contribution < 1.29 is 19.1 Å². The smallest absolute Gasteiger partial charge is 0.261 e. The topological polar surface area (TPSA) is 67.9 Å². The zero-order valence-electron chi connectivity index (χ0n) is 19.4. The second-order valence-corrected chi connectivity index (χ2v) is 8.59. The van der Waals surface area contributed by atoms with Gasteiger partial charge in [0, 0.05) is 12.1 Å². The van der Waals surface area contributed by atoms with Crippen LogP contribution in [0.5, 0.6) is 11.5 Å². The number of methoxy groups -OCH3 is 1. The van der Waals surface area contributed by atoms with Gasteiger partial charge < -0.3 is 19.7 Å². The van der Waals surface area contributed by atoms with Crippen molar-refractivity contribution in [2.45, 2.75) is 59.2 Å². The van der Waals surface area contributed by atoms with Gasteiger partial charge in [0.15, 0.2) is 6.61 Å². The number of carbonyl (C=O) groups excluding carboxylic acids is 2. The van der Waals surface area contributed by atoms with Gasteiger partial charge in [0.2, 0.25) is 5.91 Å². The van der Waals surface area contributed by atoms with E-state index in [1.54, 1.807) is 12.0 Å². The molecule has 0 bridgehead atoms. The summed E-state index contributed by atoms with van der Waals surface area (Å²) in [5.41, 5.74) is 1.44. The molecule has 0 aliphatic heterocycles. The van der Waals surface area contributed by atoms with Crippen LogP contribution in [0, 0.1) is 6.92 Å². The van der Waals surface area contributed by atoms with E-state index in [9.17, 15) is 9.59 Å². The third-order valence-electron chi connectivity index (χ3n) is 4.82. The van der Waals surface area contributed by atoms with Gasteiger partial charge >= 0.3 is 0 Å². The van der Waals surface area contributed by atoms with Crippen LogP contribution in [0.1, 0.15) is 45.2 Å². The summed E-state index contributed by atoms with van der Waals surface area (Å²) in [6, 6.07) is 14.4. The van der Waals surface area contributed by atoms with Gasteiger partial charge in [-0.1, -0.05) is 37.3 Å². The Balaban J connectivity index is 2.27. The zero-order chi connectivity index (χ0) is 23.0. The molecular weight excluding hydrogens is 392 g/mol. The number of ether oxygens (including phenoxy) is 2. The van der Waals surface area contributed by atoms with Crippen LogP contribution in [0.2, 0.25) is 0 Å². The number of rotatable bonds is 9. The lowest BCUT2D eigenvalue weighted by Crippen LogP contribution is -2.54. The van der Waals surface area contributed by atoms with Crippen LogP contribution in [-0.4, -0.2) is 42.0 Å². The van der Waals surface area contributed by atoms with E-state index in [2.05, 4.69) is 5.32 Å². The van der Waals surface area contributed by atoms with Gasteiger partial charge in [-0.2, -0.15) is 0 Å². The highest BCUT2D eigenvalue weighted by Crippen LogP contribution is 2.20. The van der Waals surface area contributed by atoms with E-state index in [-0.39, 0.29) is 25.0 Å². The molecule has 0 saturated heterocycles. The molecule has 0 saturated carbocycles. The van der Waals surface area contributed by atoms with Crippen LogP contribution in [-0.2, 0) is 16.1 Å². The van der Waals surface area contributed by atoms with E-state index in [0.717, 1.165) is 11.1 Å². The molecule has 6 heteroatoms. The summed E-state index contributed by atoms with van der Waals surface area (Å²) in [5.74, 6) is 0.932. The maximum absolute atomic E-state index is 13.2. The van der Waals surface area contributed by atoms with Crippen molar-refractivity contribution in [2.75, 3.05) is 13.7 Å². The molecular formula is C25H34N2O4. The number of para-hydroxylation sites is 1. The van der Waals surface area contributed by atoms with Gasteiger partial charge in [-0.25, -0.2) is 0 Å². The zero-order valence-corrected chi connectivity index (χ0v) is 19.4. The number of amides is 2. The first-order valence-corrected chi connectivity index (χ1v) is 10.6. The fraction of sp³-hybridized carbons (Fsp3) is 0.440. The molecule has 2 aromatic rings. The van der Waals surface area contributed by atoms with Crippen molar-refractivity contribution >= 4 is 11.8 Å². The predicted molar refractivity (Wildman–Crippen MR) is 122 cm³/mol. The largest absolute Gasteiger partial charge is 0.497 e. The molecule has 2 amide bonds. The Morgan fingerprint density at radius 2 is 1.81 bits per heavy atom. The molecule has 0 aliphatic rings. The number of carbonyl (C=O) groups is 2. The Kier molecular flexibility index (Phi) is 8.48. The number of nitrogens with zero attached hydrogens (tertiary/aromatic N) is 1. The molecule has 6 nitrogen and oxygen atoms in total. The molecule has 0 fully saturated rings. The highest BCUT2D eigenvalue weighted by atomic mass is 16.5. The molecule has 0 aliphatic carbocycles. The normalized spacial score (nSPS) is 12.1. The molecule has 31 heavy (non-hydrogen) atoms. The van der Waals surface area contributed by atoms with Gasteiger partial charge in [-0.05, 0) is 63.4 Å². The minimum atomic E-state index is -0.613. The second-order valence-electron chi connectivity index (χ2n) is 8.59. The van der Waals surface area contributed by atoms with Gasteiger partial charge in [0.25, 0.3) is 5.91 Å². The Hall–Kier alpha value is -3.02. The average Bonchev–Trinajstić information content (AvgIpc) is 2.71. The fourth-order valence-corrected chi connectivity index (χ4v) is 3.28. The lowest BCUT2D eigenvalue weighted by atomic mass is 10.1. The minimum Gasteiger partial charge on any atom is -0.497 e. The summed E-state index contributed by atoms with van der Waals surface area (Å²) in [4.78, 5) is 27.8. The lowest BCUT2D eigenvalue weighted by molar-refractivity contribution is -0.143. The number of nitrogens with one attached hydrogen (secondary N) is 1. The van der Waals surface area contributed by atoms with Gasteiger partial charge in [0.1, 0.15) is 17.5 Å². The van der Waals surface area contributed by atoms with E-state index >= 15 is 0 Å². The number of hydrogen-bond donors (Lipinski definition) is 1. The Morgan fingerprint density at radius 1 is 1.10 bits per heavy atom. The third-order valence-corrected chi connectivity index (χ3v) is 4.82. The van der Waals surface area contributed by atoms with E-state index < -0.39 is 11.6 Å². The van der Waals surface area contributed by atoms with E-state index in [1.165, 1.54) is 0 Å². The van der Waals surface area contributed by atoms with Gasteiger partial charge in [-0.3, -0.25) is 9.59 Å². The van der Waals surface area contributed by atoms with Crippen LogP contribution < -0.4 is 14.8 Å². The van der Waals surface area contributed by atoms with E-state index in [4.69, 9.17) is 9.47 Å². The van der Waals surface area contributed by atoms with Crippen LogP contribution >= 0.6 is 0 Å². The van der Waals surface area contributed by atoms with Crippen molar-refractivity contribution in [3.63, 3.8) is 0 Å². The average molecular weight is 427 g/mol. The molecule has 2 aromatic carbocycles. The molecule has 1 N–H and O–H groups in total. The number of benzene rings is 2. The first kappa shape index (κ1) is 24.3. The quantitative estimate of drug-likeness (QED) is 0.655. The van der Waals surface area contributed by atoms with Crippen molar-refractivity contribution in [3.05, 3.63) is 59.7 Å². The number of hydrogen-bond acceptors (Lipinski definition) is 4. The van der Waals surface area contributed by atoms with Gasteiger partial charge in [-0.15, -0.1) is 0 Å². The van der Waals surface area contributed by atoms with Crippen LogP contribution in [0.3, 0.4) is 0 Å². The minimum absolute atomic E-state index is 0.145. The van der Waals surface area contributed by atoms with E-state index in [0.29, 0.717) is 17.9 Å². The summed E-state index contributed by atoms with van der Waals surface area (Å²) in [7, 11) is 1.60. The molecule has 0 aromatic heterocycles. The summed E-state index contributed by atoms with van der Waals surface area (Å²) < 4.78 is 11.1. The molecule has 0 unspecified atom stereocenters. The Morgan fingerprint density at radius 3 is 2.42 bits per heavy atom. The summed E-state index contributed by atoms with van der Waals surface area (Å²) in [6.45, 7) is 9.74. The first-order chi connectivity index (χ1) is 14.6. The standard InChI is InChI=1S/C25H34N2O4/c1-7-21(24(29)26-25(3,4)5)27(16-19-12-10-13-20(15-19)30-6)23(28)17-31-22-14-9-8-11-18(22)2/h8-15,21H,7,16-17H2,1-6H3,(H,26,29)/t21-/m0/s1. The Labute approximate surface area is 185 Å². The highest BCUT2D eigenvalue weighted by Gasteiger charge is 2.31. The Bertz CT molecular complexity index is 889. The number of aryl methyl sites for hydroxylation is 1. The maximum Gasteiger partial charge on any atom is 0.261 e. The van der Waals surface area contributed by atoms with Crippen LogP contribution in [0.25, 0.3) is 0 Å². The SMILES string of the molecule is CC[C@@H](C(=O)NC(C)(C)C)N(Cc1cccc(OC)c1)C(=O)COc1ccccc1C.